The van der Waals surface area contributed by atoms with Gasteiger partial charge >= 0.3 is 0 Å². The van der Waals surface area contributed by atoms with Crippen molar-refractivity contribution >= 4 is 17.7 Å². The zero-order valence-electron chi connectivity index (χ0n) is 16.4. The van der Waals surface area contributed by atoms with Crippen LogP contribution in [0.15, 0.2) is 54.6 Å². The van der Waals surface area contributed by atoms with Gasteiger partial charge < -0.3 is 9.64 Å². The van der Waals surface area contributed by atoms with Crippen LogP contribution in [-0.2, 0) is 16.0 Å². The van der Waals surface area contributed by atoms with Crippen LogP contribution in [-0.4, -0.2) is 59.4 Å². The molecule has 29 heavy (non-hydrogen) atoms. The van der Waals surface area contributed by atoms with Crippen molar-refractivity contribution in [1.29, 1.82) is 0 Å². The van der Waals surface area contributed by atoms with E-state index in [0.29, 0.717) is 24.3 Å². The van der Waals surface area contributed by atoms with Crippen LogP contribution in [0, 0.1) is 0 Å². The molecule has 6 nitrogen and oxygen atoms in total. The number of morpholine rings is 1. The number of hydrogen-bond donors (Lipinski definition) is 0. The first-order valence-electron chi connectivity index (χ1n) is 9.95. The number of rotatable bonds is 5. The third-order valence-electron chi connectivity index (χ3n) is 5.56. The molecule has 0 aromatic heterocycles. The first kappa shape index (κ1) is 19.3. The Kier molecular flexibility index (Phi) is 5.45. The molecule has 0 aliphatic carbocycles. The smallest absolute Gasteiger partial charge is 0.261 e. The minimum atomic E-state index is -0.324. The summed E-state index contributed by atoms with van der Waals surface area (Å²) in [5, 5.41) is 0. The molecule has 4 rings (SSSR count). The van der Waals surface area contributed by atoms with Crippen LogP contribution in [0.3, 0.4) is 0 Å². The molecule has 2 aliphatic rings. The maximum Gasteiger partial charge on any atom is 0.261 e. The number of carbonyl (C=O) groups excluding carboxylic acids is 3. The van der Waals surface area contributed by atoms with Crippen molar-refractivity contribution in [3.8, 4) is 0 Å². The van der Waals surface area contributed by atoms with E-state index in [1.807, 2.05) is 30.0 Å². The van der Waals surface area contributed by atoms with E-state index in [2.05, 4.69) is 12.1 Å². The molecular formula is C23H24N2O4. The Labute approximate surface area is 170 Å². The molecule has 1 saturated heterocycles. The van der Waals surface area contributed by atoms with Gasteiger partial charge in [-0.2, -0.15) is 0 Å². The molecule has 2 unspecified atom stereocenters. The number of ether oxygens (including phenoxy) is 1. The van der Waals surface area contributed by atoms with E-state index in [1.54, 1.807) is 24.3 Å². The van der Waals surface area contributed by atoms with E-state index >= 15 is 0 Å². The van der Waals surface area contributed by atoms with Gasteiger partial charge in [-0.3, -0.25) is 19.3 Å². The number of hydrogen-bond acceptors (Lipinski definition) is 4. The zero-order chi connectivity index (χ0) is 20.4. The van der Waals surface area contributed by atoms with Crippen LogP contribution < -0.4 is 0 Å². The summed E-state index contributed by atoms with van der Waals surface area (Å²) in [6, 6.07) is 16.8. The van der Waals surface area contributed by atoms with Gasteiger partial charge in [0.05, 0.1) is 29.9 Å². The predicted octanol–water partition coefficient (Wildman–Crippen LogP) is 2.53. The van der Waals surface area contributed by atoms with Crippen molar-refractivity contribution in [1.82, 2.24) is 9.80 Å². The second-order valence-electron chi connectivity index (χ2n) is 7.60. The second-order valence-corrected chi connectivity index (χ2v) is 7.60. The Morgan fingerprint density at radius 3 is 2.28 bits per heavy atom. The van der Waals surface area contributed by atoms with Crippen molar-refractivity contribution in [2.24, 2.45) is 0 Å². The monoisotopic (exact) mass is 392 g/mol. The molecule has 0 spiro atoms. The highest BCUT2D eigenvalue weighted by Crippen LogP contribution is 2.23. The molecule has 0 N–H and O–H groups in total. The Hall–Kier alpha value is -2.99. The summed E-state index contributed by atoms with van der Waals surface area (Å²) in [6.07, 6.45) is 0.806. The normalized spacial score (nSPS) is 21.4. The fourth-order valence-electron chi connectivity index (χ4n) is 3.96. The van der Waals surface area contributed by atoms with Crippen molar-refractivity contribution in [3.63, 3.8) is 0 Å². The van der Waals surface area contributed by atoms with Gasteiger partial charge in [-0.15, -0.1) is 0 Å². The predicted molar refractivity (Wildman–Crippen MR) is 107 cm³/mol. The van der Waals surface area contributed by atoms with Gasteiger partial charge in [0.2, 0.25) is 5.91 Å². The molecule has 2 heterocycles. The lowest BCUT2D eigenvalue weighted by Crippen LogP contribution is -2.52. The van der Waals surface area contributed by atoms with Gasteiger partial charge in [-0.25, -0.2) is 0 Å². The molecule has 0 saturated carbocycles. The maximum absolute atomic E-state index is 12.9. The average molecular weight is 392 g/mol. The van der Waals surface area contributed by atoms with Gasteiger partial charge in [0.1, 0.15) is 0 Å². The van der Waals surface area contributed by atoms with E-state index in [1.165, 1.54) is 10.5 Å². The zero-order valence-corrected chi connectivity index (χ0v) is 16.4. The van der Waals surface area contributed by atoms with Crippen molar-refractivity contribution in [2.75, 3.05) is 19.7 Å². The first-order chi connectivity index (χ1) is 14.0. The summed E-state index contributed by atoms with van der Waals surface area (Å²) in [5.41, 5.74) is 1.99. The standard InChI is InChI=1S/C23H24N2O4/c1-16-15-29-18(13-17-7-3-2-4-8-17)14-25(16)21(26)11-12-24-22(27)19-9-5-6-10-20(19)23(24)28/h2-10,16,18H,11-15H2,1H3. The maximum atomic E-state index is 12.9. The van der Waals surface area contributed by atoms with Gasteiger partial charge in [-0.05, 0) is 24.6 Å². The van der Waals surface area contributed by atoms with Crippen LogP contribution >= 0.6 is 0 Å². The van der Waals surface area contributed by atoms with Crippen LogP contribution in [0.5, 0.6) is 0 Å². The van der Waals surface area contributed by atoms with E-state index in [4.69, 9.17) is 4.74 Å². The van der Waals surface area contributed by atoms with Crippen LogP contribution in [0.1, 0.15) is 39.6 Å². The van der Waals surface area contributed by atoms with Gasteiger partial charge in [0.25, 0.3) is 11.8 Å². The SMILES string of the molecule is CC1COC(Cc2ccccc2)CN1C(=O)CCN1C(=O)c2ccccc2C1=O. The quantitative estimate of drug-likeness (QED) is 0.734. The first-order valence-corrected chi connectivity index (χ1v) is 9.95. The molecular weight excluding hydrogens is 368 g/mol. The fraction of sp³-hybridized carbons (Fsp3) is 0.348. The summed E-state index contributed by atoms with van der Waals surface area (Å²) >= 11 is 0. The largest absolute Gasteiger partial charge is 0.374 e. The summed E-state index contributed by atoms with van der Waals surface area (Å²) in [6.45, 7) is 3.05. The highest BCUT2D eigenvalue weighted by Gasteiger charge is 2.36. The minimum Gasteiger partial charge on any atom is -0.374 e. The van der Waals surface area contributed by atoms with Gasteiger partial charge in [-0.1, -0.05) is 42.5 Å². The summed E-state index contributed by atoms with van der Waals surface area (Å²) in [4.78, 5) is 40.8. The Morgan fingerprint density at radius 1 is 1.00 bits per heavy atom. The molecule has 2 aromatic carbocycles. The van der Waals surface area contributed by atoms with Crippen molar-refractivity contribution in [3.05, 3.63) is 71.3 Å². The van der Waals surface area contributed by atoms with E-state index in [0.717, 1.165) is 6.42 Å². The number of carbonyl (C=O) groups is 3. The van der Waals surface area contributed by atoms with Crippen LogP contribution in [0.2, 0.25) is 0 Å². The topological polar surface area (TPSA) is 66.9 Å². The average Bonchev–Trinajstić information content (AvgIpc) is 2.99. The molecule has 0 radical (unpaired) electrons. The number of nitrogens with zero attached hydrogens (tertiary/aromatic N) is 2. The molecule has 2 aromatic rings. The highest BCUT2D eigenvalue weighted by molar-refractivity contribution is 6.21. The third kappa shape index (κ3) is 3.93. The lowest BCUT2D eigenvalue weighted by Gasteiger charge is -2.38. The van der Waals surface area contributed by atoms with E-state index in [9.17, 15) is 14.4 Å². The second kappa shape index (κ2) is 8.17. The lowest BCUT2D eigenvalue weighted by molar-refractivity contribution is -0.144. The molecule has 1 fully saturated rings. The van der Waals surface area contributed by atoms with Crippen molar-refractivity contribution < 1.29 is 19.1 Å². The third-order valence-corrected chi connectivity index (χ3v) is 5.56. The minimum absolute atomic E-state index is 0.0308. The number of fused-ring (bicyclic) bond motifs is 1. The van der Waals surface area contributed by atoms with Gasteiger partial charge in [0.15, 0.2) is 0 Å². The molecule has 0 bridgehead atoms. The number of amides is 3. The molecule has 2 aliphatic heterocycles. The summed E-state index contributed by atoms with van der Waals surface area (Å²) in [7, 11) is 0. The molecule has 150 valence electrons. The Balaban J connectivity index is 1.36. The summed E-state index contributed by atoms with van der Waals surface area (Å²) < 4.78 is 5.92. The van der Waals surface area contributed by atoms with Gasteiger partial charge in [0, 0.05) is 25.9 Å². The lowest BCUT2D eigenvalue weighted by atomic mass is 10.0. The fourth-order valence-corrected chi connectivity index (χ4v) is 3.96. The van der Waals surface area contributed by atoms with E-state index < -0.39 is 0 Å². The molecule has 3 amide bonds. The number of imide groups is 1. The Bertz CT molecular complexity index is 892. The number of benzene rings is 2. The molecule has 6 heteroatoms. The van der Waals surface area contributed by atoms with Crippen LogP contribution in [0.4, 0.5) is 0 Å². The van der Waals surface area contributed by atoms with E-state index in [-0.39, 0.29) is 42.8 Å². The highest BCUT2D eigenvalue weighted by atomic mass is 16.5. The summed E-state index contributed by atoms with van der Waals surface area (Å²) in [5.74, 6) is -0.707. The van der Waals surface area contributed by atoms with Crippen LogP contribution in [0.25, 0.3) is 0 Å². The Morgan fingerprint density at radius 2 is 1.62 bits per heavy atom. The van der Waals surface area contributed by atoms with Crippen molar-refractivity contribution in [2.45, 2.75) is 31.9 Å². The molecule has 2 atom stereocenters.